The molecule has 17 heavy (non-hydrogen) atoms. The van der Waals surface area contributed by atoms with Crippen molar-refractivity contribution >= 4 is 16.9 Å². The maximum atomic E-state index is 11.6. The molecular weight excluding hydrogens is 234 g/mol. The van der Waals surface area contributed by atoms with Gasteiger partial charge >= 0.3 is 0 Å². The lowest BCUT2D eigenvalue weighted by Crippen LogP contribution is -2.15. The first kappa shape index (κ1) is 12.3. The van der Waals surface area contributed by atoms with Crippen LogP contribution in [0.5, 0.6) is 0 Å². The van der Waals surface area contributed by atoms with Crippen molar-refractivity contribution in [2.45, 2.75) is 37.9 Å². The van der Waals surface area contributed by atoms with Gasteiger partial charge in [0.2, 0.25) is 5.91 Å². The molecule has 0 saturated carbocycles. The third-order valence-corrected chi connectivity index (χ3v) is 4.38. The van der Waals surface area contributed by atoms with Crippen LogP contribution in [0.1, 0.15) is 43.6 Å². The molecule has 0 spiro atoms. The smallest absolute Gasteiger partial charge is 0.233 e. The molecule has 0 radical (unpaired) electrons. The first-order valence-electron chi connectivity index (χ1n) is 5.68. The molecule has 2 unspecified atom stereocenters. The summed E-state index contributed by atoms with van der Waals surface area (Å²) in [6.07, 6.45) is 0.321. The fourth-order valence-corrected chi connectivity index (χ4v) is 3.07. The summed E-state index contributed by atoms with van der Waals surface area (Å²) in [5.74, 6) is -0.131. The molecule has 1 amide bonds. The van der Waals surface area contributed by atoms with Crippen molar-refractivity contribution in [3.63, 3.8) is 0 Å². The Morgan fingerprint density at radius 2 is 1.82 bits per heavy atom. The second kappa shape index (κ2) is 4.26. The van der Waals surface area contributed by atoms with E-state index in [4.69, 9.17) is 0 Å². The van der Waals surface area contributed by atoms with E-state index in [9.17, 15) is 9.00 Å². The number of carbonyl (C=O) groups is 1. The van der Waals surface area contributed by atoms with Crippen molar-refractivity contribution in [3.8, 4) is 0 Å². The van der Waals surface area contributed by atoms with Gasteiger partial charge in [0.1, 0.15) is 11.0 Å². The minimum absolute atomic E-state index is 0.113. The Balaban J connectivity index is 2.24. The van der Waals surface area contributed by atoms with Gasteiger partial charge in [-0.1, -0.05) is 45.0 Å². The van der Waals surface area contributed by atoms with Gasteiger partial charge in [0.25, 0.3) is 0 Å². The second-order valence-electron chi connectivity index (χ2n) is 5.39. The van der Waals surface area contributed by atoms with Crippen LogP contribution >= 0.6 is 0 Å². The summed E-state index contributed by atoms with van der Waals surface area (Å²) in [7, 11) is -1.27. The Bertz CT molecular complexity index is 459. The molecule has 1 aliphatic rings. The van der Waals surface area contributed by atoms with Gasteiger partial charge in [-0.3, -0.25) is 9.52 Å². The topological polar surface area (TPSA) is 46.2 Å². The predicted molar refractivity (Wildman–Crippen MR) is 68.8 cm³/mol. The summed E-state index contributed by atoms with van der Waals surface area (Å²) in [6, 6.07) is 8.05. The molecule has 1 aliphatic heterocycles. The van der Waals surface area contributed by atoms with E-state index in [2.05, 4.69) is 37.6 Å². The average Bonchev–Trinajstić information content (AvgIpc) is 2.57. The first-order valence-corrected chi connectivity index (χ1v) is 6.90. The van der Waals surface area contributed by atoms with E-state index in [0.717, 1.165) is 5.56 Å². The summed E-state index contributed by atoms with van der Waals surface area (Å²) in [5, 5.41) is -0.198. The zero-order valence-corrected chi connectivity index (χ0v) is 11.1. The average molecular weight is 251 g/mol. The summed E-state index contributed by atoms with van der Waals surface area (Å²) >= 11 is 0. The van der Waals surface area contributed by atoms with Gasteiger partial charge in [0.15, 0.2) is 0 Å². The molecule has 1 aromatic carbocycles. The lowest BCUT2D eigenvalue weighted by molar-refractivity contribution is -0.118. The monoisotopic (exact) mass is 251 g/mol. The molecule has 1 N–H and O–H groups in total. The van der Waals surface area contributed by atoms with E-state index < -0.39 is 11.0 Å². The maximum absolute atomic E-state index is 11.6. The third kappa shape index (κ3) is 2.57. The Kier molecular flexibility index (Phi) is 3.08. The van der Waals surface area contributed by atoms with E-state index in [1.54, 1.807) is 0 Å². The number of carbonyl (C=O) groups excluding carboxylic acids is 1. The van der Waals surface area contributed by atoms with Crippen LogP contribution in [-0.2, 0) is 21.2 Å². The standard InChI is InChI=1S/C13H17NO2S/c1-13(2,3)10-6-4-9(5-7-10)11-8-12(15)14-17(11)16/h4-7,11H,8H2,1-3H3,(H,14,15). The lowest BCUT2D eigenvalue weighted by Gasteiger charge is -2.19. The molecule has 92 valence electrons. The highest BCUT2D eigenvalue weighted by atomic mass is 32.2. The zero-order valence-electron chi connectivity index (χ0n) is 10.3. The molecule has 3 nitrogen and oxygen atoms in total. The Labute approximate surface area is 104 Å². The minimum Gasteiger partial charge on any atom is -0.275 e. The summed E-state index contributed by atoms with van der Waals surface area (Å²) < 4.78 is 14.1. The number of amides is 1. The zero-order chi connectivity index (χ0) is 12.6. The summed E-state index contributed by atoms with van der Waals surface area (Å²) in [4.78, 5) is 11.2. The highest BCUT2D eigenvalue weighted by molar-refractivity contribution is 7.84. The van der Waals surface area contributed by atoms with Gasteiger partial charge in [-0.25, -0.2) is 4.21 Å². The fourth-order valence-electron chi connectivity index (χ4n) is 1.91. The molecule has 1 saturated heterocycles. The summed E-state index contributed by atoms with van der Waals surface area (Å²) in [6.45, 7) is 6.46. The van der Waals surface area contributed by atoms with Crippen molar-refractivity contribution in [3.05, 3.63) is 35.4 Å². The van der Waals surface area contributed by atoms with Crippen LogP contribution in [0.2, 0.25) is 0 Å². The summed E-state index contributed by atoms with van der Waals surface area (Å²) in [5.41, 5.74) is 2.32. The van der Waals surface area contributed by atoms with Crippen molar-refractivity contribution in [2.24, 2.45) is 0 Å². The molecule has 2 atom stereocenters. The number of rotatable bonds is 1. The Hall–Kier alpha value is -1.16. The van der Waals surface area contributed by atoms with Gasteiger partial charge in [-0.15, -0.1) is 0 Å². The van der Waals surface area contributed by atoms with Crippen LogP contribution in [0.3, 0.4) is 0 Å². The van der Waals surface area contributed by atoms with Gasteiger partial charge in [-0.2, -0.15) is 0 Å². The van der Waals surface area contributed by atoms with Gasteiger partial charge in [0, 0.05) is 6.42 Å². The number of hydrogen-bond donors (Lipinski definition) is 1. The van der Waals surface area contributed by atoms with Crippen LogP contribution in [0.25, 0.3) is 0 Å². The van der Waals surface area contributed by atoms with Crippen LogP contribution in [0.15, 0.2) is 24.3 Å². The largest absolute Gasteiger partial charge is 0.275 e. The van der Waals surface area contributed by atoms with Crippen LogP contribution in [0, 0.1) is 0 Å². The maximum Gasteiger partial charge on any atom is 0.233 e. The normalized spacial score (nSPS) is 24.8. The van der Waals surface area contributed by atoms with Crippen LogP contribution in [0.4, 0.5) is 0 Å². The van der Waals surface area contributed by atoms with E-state index in [1.807, 2.05) is 12.1 Å². The molecular formula is C13H17NO2S. The third-order valence-electron chi connectivity index (χ3n) is 2.99. The van der Waals surface area contributed by atoms with Crippen LogP contribution in [-0.4, -0.2) is 10.1 Å². The highest BCUT2D eigenvalue weighted by Crippen LogP contribution is 2.29. The van der Waals surface area contributed by atoms with E-state index in [-0.39, 0.29) is 16.6 Å². The molecule has 4 heteroatoms. The van der Waals surface area contributed by atoms with Crippen molar-refractivity contribution in [1.29, 1.82) is 0 Å². The molecule has 0 bridgehead atoms. The van der Waals surface area contributed by atoms with Crippen LogP contribution < -0.4 is 4.72 Å². The lowest BCUT2D eigenvalue weighted by atomic mass is 9.86. The predicted octanol–water partition coefficient (Wildman–Crippen LogP) is 2.21. The Morgan fingerprint density at radius 3 is 2.24 bits per heavy atom. The number of benzene rings is 1. The SMILES string of the molecule is CC(C)(C)c1ccc(C2CC(=O)NS2=O)cc1. The van der Waals surface area contributed by atoms with Gasteiger partial charge in [-0.05, 0) is 16.5 Å². The molecule has 1 fully saturated rings. The van der Waals surface area contributed by atoms with Crippen molar-refractivity contribution in [1.82, 2.24) is 4.72 Å². The Morgan fingerprint density at radius 1 is 1.24 bits per heavy atom. The second-order valence-corrected chi connectivity index (χ2v) is 6.76. The van der Waals surface area contributed by atoms with E-state index in [0.29, 0.717) is 6.42 Å². The molecule has 1 aromatic rings. The molecule has 2 rings (SSSR count). The van der Waals surface area contributed by atoms with E-state index >= 15 is 0 Å². The van der Waals surface area contributed by atoms with Crippen molar-refractivity contribution < 1.29 is 9.00 Å². The number of nitrogens with one attached hydrogen (secondary N) is 1. The van der Waals surface area contributed by atoms with Crippen molar-refractivity contribution in [2.75, 3.05) is 0 Å². The van der Waals surface area contributed by atoms with Gasteiger partial charge < -0.3 is 0 Å². The highest BCUT2D eigenvalue weighted by Gasteiger charge is 2.30. The van der Waals surface area contributed by atoms with E-state index in [1.165, 1.54) is 5.56 Å². The van der Waals surface area contributed by atoms with Gasteiger partial charge in [0.05, 0.1) is 5.25 Å². The molecule has 0 aromatic heterocycles. The molecule has 0 aliphatic carbocycles. The fraction of sp³-hybridized carbons (Fsp3) is 0.462. The quantitative estimate of drug-likeness (QED) is 0.831. The number of hydrogen-bond acceptors (Lipinski definition) is 2. The minimum atomic E-state index is -1.27. The molecule has 1 heterocycles. The first-order chi connectivity index (χ1) is 7.88.